The van der Waals surface area contributed by atoms with Gasteiger partial charge in [0, 0.05) is 18.0 Å². The Morgan fingerprint density at radius 2 is 2.04 bits per heavy atom. The highest BCUT2D eigenvalue weighted by Crippen LogP contribution is 2.32. The van der Waals surface area contributed by atoms with Crippen LogP contribution < -0.4 is 15.8 Å². The van der Waals surface area contributed by atoms with Crippen LogP contribution >= 0.6 is 11.6 Å². The van der Waals surface area contributed by atoms with Crippen molar-refractivity contribution >= 4 is 17.5 Å². The van der Waals surface area contributed by atoms with Gasteiger partial charge in [-0.25, -0.2) is 0 Å². The van der Waals surface area contributed by atoms with E-state index in [0.717, 1.165) is 19.5 Å². The summed E-state index contributed by atoms with van der Waals surface area (Å²) in [7, 11) is 0. The zero-order valence-electron chi connectivity index (χ0n) is 13.4. The van der Waals surface area contributed by atoms with Crippen molar-refractivity contribution in [3.8, 4) is 5.75 Å². The van der Waals surface area contributed by atoms with Gasteiger partial charge in [0.15, 0.2) is 0 Å². The third-order valence-corrected chi connectivity index (χ3v) is 4.80. The fourth-order valence-electron chi connectivity index (χ4n) is 3.21. The van der Waals surface area contributed by atoms with E-state index < -0.39 is 5.91 Å². The number of nitrogens with one attached hydrogen (secondary N) is 1. The van der Waals surface area contributed by atoms with E-state index >= 15 is 0 Å². The number of rotatable bonds is 5. The third kappa shape index (κ3) is 3.89. The van der Waals surface area contributed by atoms with Gasteiger partial charge < -0.3 is 15.8 Å². The Morgan fingerprint density at radius 1 is 1.25 bits per heavy atom. The standard InChI is InChI=1S/C19H21ClN2O2/c20-17-10-14(19(21)23)6-7-18(17)24-12-15-11-22-9-8-16(15)13-4-2-1-3-5-13/h1-7,10,15-16,22H,8-9,11-12H2,(H2,21,23). The van der Waals surface area contributed by atoms with Gasteiger partial charge in [-0.05, 0) is 42.6 Å². The first kappa shape index (κ1) is 16.8. The van der Waals surface area contributed by atoms with Crippen LogP contribution in [0.1, 0.15) is 28.3 Å². The summed E-state index contributed by atoms with van der Waals surface area (Å²) in [5.41, 5.74) is 6.99. The minimum absolute atomic E-state index is 0.369. The lowest BCUT2D eigenvalue weighted by Crippen LogP contribution is -2.38. The third-order valence-electron chi connectivity index (χ3n) is 4.50. The van der Waals surface area contributed by atoms with E-state index in [0.29, 0.717) is 34.8 Å². The number of piperidine rings is 1. The summed E-state index contributed by atoms with van der Waals surface area (Å²) in [5, 5.41) is 3.84. The van der Waals surface area contributed by atoms with Crippen molar-refractivity contribution in [1.82, 2.24) is 5.32 Å². The number of carbonyl (C=O) groups excluding carboxylic acids is 1. The first-order valence-corrected chi connectivity index (χ1v) is 8.51. The highest BCUT2D eigenvalue weighted by molar-refractivity contribution is 6.32. The molecule has 2 atom stereocenters. The molecule has 1 saturated heterocycles. The first-order chi connectivity index (χ1) is 11.6. The molecular weight excluding hydrogens is 324 g/mol. The Morgan fingerprint density at radius 3 is 2.75 bits per heavy atom. The quantitative estimate of drug-likeness (QED) is 0.875. The van der Waals surface area contributed by atoms with Gasteiger partial charge in [-0.15, -0.1) is 0 Å². The maximum absolute atomic E-state index is 11.2. The Bertz CT molecular complexity index is 706. The Kier molecular flexibility index (Phi) is 5.38. The van der Waals surface area contributed by atoms with E-state index in [1.165, 1.54) is 5.56 Å². The first-order valence-electron chi connectivity index (χ1n) is 8.13. The van der Waals surface area contributed by atoms with E-state index in [4.69, 9.17) is 22.1 Å². The molecule has 5 heteroatoms. The molecule has 1 fully saturated rings. The molecule has 0 aliphatic carbocycles. The fraction of sp³-hybridized carbons (Fsp3) is 0.316. The van der Waals surface area contributed by atoms with E-state index in [1.807, 2.05) is 6.07 Å². The molecule has 4 nitrogen and oxygen atoms in total. The Hall–Kier alpha value is -2.04. The minimum atomic E-state index is -0.496. The number of hydrogen-bond acceptors (Lipinski definition) is 3. The van der Waals surface area contributed by atoms with Crippen LogP contribution in [-0.4, -0.2) is 25.6 Å². The zero-order chi connectivity index (χ0) is 16.9. The molecule has 1 aliphatic heterocycles. The summed E-state index contributed by atoms with van der Waals surface area (Å²) in [4.78, 5) is 11.2. The number of primary amides is 1. The molecule has 2 aromatic rings. The molecule has 0 aromatic heterocycles. The molecule has 0 spiro atoms. The van der Waals surface area contributed by atoms with E-state index in [1.54, 1.807) is 18.2 Å². The molecule has 126 valence electrons. The molecular formula is C19H21ClN2O2. The van der Waals surface area contributed by atoms with Gasteiger partial charge in [0.1, 0.15) is 5.75 Å². The second-order valence-electron chi connectivity index (χ2n) is 6.09. The lowest BCUT2D eigenvalue weighted by molar-refractivity contribution is 0.1000. The van der Waals surface area contributed by atoms with Crippen molar-refractivity contribution in [2.24, 2.45) is 11.7 Å². The van der Waals surface area contributed by atoms with Crippen molar-refractivity contribution in [1.29, 1.82) is 0 Å². The molecule has 24 heavy (non-hydrogen) atoms. The van der Waals surface area contributed by atoms with Crippen molar-refractivity contribution in [3.05, 3.63) is 64.7 Å². The van der Waals surface area contributed by atoms with Crippen molar-refractivity contribution < 1.29 is 9.53 Å². The summed E-state index contributed by atoms with van der Waals surface area (Å²) in [5.74, 6) is 0.923. The molecule has 2 unspecified atom stereocenters. The number of halogens is 1. The maximum atomic E-state index is 11.2. The molecule has 0 radical (unpaired) electrons. The van der Waals surface area contributed by atoms with Gasteiger partial charge in [-0.3, -0.25) is 4.79 Å². The number of hydrogen-bond donors (Lipinski definition) is 2. The van der Waals surface area contributed by atoms with Gasteiger partial charge in [-0.1, -0.05) is 41.9 Å². The van der Waals surface area contributed by atoms with Gasteiger partial charge in [0.05, 0.1) is 11.6 Å². The van der Waals surface area contributed by atoms with Gasteiger partial charge in [0.25, 0.3) is 0 Å². The highest BCUT2D eigenvalue weighted by atomic mass is 35.5. The monoisotopic (exact) mass is 344 g/mol. The predicted molar refractivity (Wildman–Crippen MR) is 95.6 cm³/mol. The van der Waals surface area contributed by atoms with Crippen LogP contribution in [0.2, 0.25) is 5.02 Å². The molecule has 1 aliphatic rings. The number of carbonyl (C=O) groups is 1. The van der Waals surface area contributed by atoms with Crippen molar-refractivity contribution in [3.63, 3.8) is 0 Å². The van der Waals surface area contributed by atoms with Crippen LogP contribution in [0, 0.1) is 5.92 Å². The van der Waals surface area contributed by atoms with Crippen LogP contribution in [0.3, 0.4) is 0 Å². The van der Waals surface area contributed by atoms with Crippen LogP contribution in [-0.2, 0) is 0 Å². The van der Waals surface area contributed by atoms with Crippen molar-refractivity contribution in [2.45, 2.75) is 12.3 Å². The maximum Gasteiger partial charge on any atom is 0.248 e. The molecule has 2 aromatic carbocycles. The average molecular weight is 345 g/mol. The summed E-state index contributed by atoms with van der Waals surface area (Å²) in [6, 6.07) is 15.4. The largest absolute Gasteiger partial charge is 0.492 e. The zero-order valence-corrected chi connectivity index (χ0v) is 14.1. The molecule has 3 N–H and O–H groups in total. The summed E-state index contributed by atoms with van der Waals surface area (Å²) >= 11 is 6.20. The van der Waals surface area contributed by atoms with E-state index in [2.05, 4.69) is 29.6 Å². The lowest BCUT2D eigenvalue weighted by atomic mass is 9.81. The summed E-state index contributed by atoms with van der Waals surface area (Å²) in [6.07, 6.45) is 1.09. The summed E-state index contributed by atoms with van der Waals surface area (Å²) in [6.45, 7) is 2.50. The smallest absolute Gasteiger partial charge is 0.248 e. The molecule has 1 heterocycles. The normalized spacial score (nSPS) is 20.5. The number of ether oxygens (including phenoxy) is 1. The predicted octanol–water partition coefficient (Wildman–Crippen LogP) is 3.21. The van der Waals surface area contributed by atoms with E-state index in [-0.39, 0.29) is 0 Å². The molecule has 1 amide bonds. The SMILES string of the molecule is NC(=O)c1ccc(OCC2CNCCC2c2ccccc2)c(Cl)c1. The van der Waals surface area contributed by atoms with Gasteiger partial charge >= 0.3 is 0 Å². The van der Waals surface area contributed by atoms with E-state index in [9.17, 15) is 4.79 Å². The second kappa shape index (κ2) is 7.69. The Balaban J connectivity index is 1.69. The second-order valence-corrected chi connectivity index (χ2v) is 6.50. The summed E-state index contributed by atoms with van der Waals surface area (Å²) < 4.78 is 5.94. The number of amides is 1. The molecule has 0 bridgehead atoms. The number of nitrogens with two attached hydrogens (primary N) is 1. The van der Waals surface area contributed by atoms with Crippen LogP contribution in [0.15, 0.2) is 48.5 Å². The minimum Gasteiger partial charge on any atom is -0.492 e. The topological polar surface area (TPSA) is 64.4 Å². The van der Waals surface area contributed by atoms with Crippen molar-refractivity contribution in [2.75, 3.05) is 19.7 Å². The van der Waals surface area contributed by atoms with Crippen LogP contribution in [0.4, 0.5) is 0 Å². The number of benzene rings is 2. The van der Waals surface area contributed by atoms with Gasteiger partial charge in [0.2, 0.25) is 5.91 Å². The molecule has 0 saturated carbocycles. The average Bonchev–Trinajstić information content (AvgIpc) is 2.61. The lowest BCUT2D eigenvalue weighted by Gasteiger charge is -2.32. The van der Waals surface area contributed by atoms with Gasteiger partial charge in [-0.2, -0.15) is 0 Å². The Labute approximate surface area is 147 Å². The molecule has 3 rings (SSSR count). The highest BCUT2D eigenvalue weighted by Gasteiger charge is 2.27. The van der Waals surface area contributed by atoms with Crippen LogP contribution in [0.25, 0.3) is 0 Å². The fourth-order valence-corrected chi connectivity index (χ4v) is 3.44. The van der Waals surface area contributed by atoms with Crippen LogP contribution in [0.5, 0.6) is 5.75 Å².